The maximum absolute atomic E-state index is 11.6. The number of carbonyl (C=O) groups excluding carboxylic acids is 1. The highest BCUT2D eigenvalue weighted by Crippen LogP contribution is 2.23. The van der Waals surface area contributed by atoms with Crippen LogP contribution in [0.2, 0.25) is 0 Å². The van der Waals surface area contributed by atoms with Crippen LogP contribution in [0, 0.1) is 11.3 Å². The molecule has 1 N–H and O–H groups in total. The molecule has 86 valence electrons. The summed E-state index contributed by atoms with van der Waals surface area (Å²) < 4.78 is 1.87. The summed E-state index contributed by atoms with van der Waals surface area (Å²) in [6.45, 7) is 1.83. The Bertz CT molecular complexity index is 607. The van der Waals surface area contributed by atoms with E-state index in [2.05, 4.69) is 11.4 Å². The van der Waals surface area contributed by atoms with Gasteiger partial charge in [-0.3, -0.25) is 4.79 Å². The van der Waals surface area contributed by atoms with Crippen LogP contribution in [0.15, 0.2) is 30.5 Å². The highest BCUT2D eigenvalue weighted by molar-refractivity contribution is 5.88. The molecular formula is C13H13N3O. The summed E-state index contributed by atoms with van der Waals surface area (Å²) >= 11 is 0. The molecule has 17 heavy (non-hydrogen) atoms. The third kappa shape index (κ3) is 1.76. The van der Waals surface area contributed by atoms with Crippen molar-refractivity contribution in [1.29, 1.82) is 5.26 Å². The third-order valence-corrected chi connectivity index (χ3v) is 2.93. The fraction of sp³-hybridized carbons (Fsp3) is 0.231. The molecule has 4 nitrogen and oxygen atoms in total. The van der Waals surface area contributed by atoms with Crippen LogP contribution in [0.5, 0.6) is 0 Å². The minimum atomic E-state index is -0.286. The Labute approximate surface area is 99.5 Å². The lowest BCUT2D eigenvalue weighted by molar-refractivity contribution is -0.123. The van der Waals surface area contributed by atoms with Crippen LogP contribution in [0.4, 0.5) is 0 Å². The number of hydrogen-bond donors (Lipinski definition) is 1. The van der Waals surface area contributed by atoms with Gasteiger partial charge < -0.3 is 9.88 Å². The van der Waals surface area contributed by atoms with Gasteiger partial charge in [0, 0.05) is 18.6 Å². The molecule has 2 aromatic rings. The zero-order valence-electron chi connectivity index (χ0n) is 9.77. The number of benzene rings is 1. The number of likely N-dealkylation sites (N-methyl/N-ethyl adjacent to an activating group) is 1. The van der Waals surface area contributed by atoms with Crippen molar-refractivity contribution in [3.63, 3.8) is 0 Å². The van der Waals surface area contributed by atoms with Crippen LogP contribution in [0.1, 0.15) is 18.5 Å². The Morgan fingerprint density at radius 3 is 2.88 bits per heavy atom. The summed E-state index contributed by atoms with van der Waals surface area (Å²) in [7, 11) is 1.62. The Kier molecular flexibility index (Phi) is 2.84. The highest BCUT2D eigenvalue weighted by atomic mass is 16.2. The average Bonchev–Trinajstić information content (AvgIpc) is 2.80. The summed E-state index contributed by atoms with van der Waals surface area (Å²) in [5.74, 6) is -0.0511. The van der Waals surface area contributed by atoms with Crippen molar-refractivity contribution in [3.05, 3.63) is 36.0 Å². The number of carbonyl (C=O) groups is 1. The van der Waals surface area contributed by atoms with Gasteiger partial charge in [0.05, 0.1) is 17.1 Å². The molecule has 1 amide bonds. The van der Waals surface area contributed by atoms with Gasteiger partial charge >= 0.3 is 0 Å². The van der Waals surface area contributed by atoms with E-state index in [1.807, 2.05) is 35.9 Å². The lowest BCUT2D eigenvalue weighted by atomic mass is 10.1. The fourth-order valence-electron chi connectivity index (χ4n) is 1.96. The average molecular weight is 227 g/mol. The Morgan fingerprint density at radius 2 is 2.24 bits per heavy atom. The van der Waals surface area contributed by atoms with Crippen molar-refractivity contribution in [2.45, 2.75) is 13.0 Å². The number of aromatic nitrogens is 1. The van der Waals surface area contributed by atoms with Gasteiger partial charge in [-0.05, 0) is 25.1 Å². The monoisotopic (exact) mass is 227 g/mol. The highest BCUT2D eigenvalue weighted by Gasteiger charge is 2.15. The summed E-state index contributed by atoms with van der Waals surface area (Å²) in [5.41, 5.74) is 1.53. The van der Waals surface area contributed by atoms with Gasteiger partial charge in [-0.2, -0.15) is 5.26 Å². The second-order valence-electron chi connectivity index (χ2n) is 3.86. The number of nitrogens with zero attached hydrogens (tertiary/aromatic N) is 2. The summed E-state index contributed by atoms with van der Waals surface area (Å²) in [6.07, 6.45) is 1.84. The first-order valence-corrected chi connectivity index (χ1v) is 5.40. The lowest BCUT2D eigenvalue weighted by Gasteiger charge is -2.13. The molecule has 0 bridgehead atoms. The molecule has 1 unspecified atom stereocenters. The summed E-state index contributed by atoms with van der Waals surface area (Å²) in [4.78, 5) is 11.6. The van der Waals surface area contributed by atoms with Crippen LogP contribution in [0.3, 0.4) is 0 Å². The van der Waals surface area contributed by atoms with Crippen LogP contribution < -0.4 is 5.32 Å². The van der Waals surface area contributed by atoms with E-state index in [1.54, 1.807) is 13.1 Å². The molecule has 2 rings (SSSR count). The Hall–Kier alpha value is -2.28. The van der Waals surface area contributed by atoms with E-state index in [4.69, 9.17) is 5.26 Å². The van der Waals surface area contributed by atoms with Crippen molar-refractivity contribution >= 4 is 16.8 Å². The molecule has 1 atom stereocenters. The molecule has 0 aliphatic rings. The molecule has 0 saturated carbocycles. The standard InChI is InChI=1S/C13H13N3O/c1-9(13(17)15-2)16-7-6-11-10(8-14)4-3-5-12(11)16/h3-7,9H,1-2H3,(H,15,17). The van der Waals surface area contributed by atoms with Gasteiger partial charge in [0.2, 0.25) is 5.91 Å². The smallest absolute Gasteiger partial charge is 0.242 e. The minimum Gasteiger partial charge on any atom is -0.357 e. The zero-order valence-corrected chi connectivity index (χ0v) is 9.77. The lowest BCUT2D eigenvalue weighted by Crippen LogP contribution is -2.27. The molecule has 0 fully saturated rings. The first-order valence-electron chi connectivity index (χ1n) is 5.40. The molecule has 1 heterocycles. The predicted molar refractivity (Wildman–Crippen MR) is 65.4 cm³/mol. The van der Waals surface area contributed by atoms with Gasteiger partial charge in [-0.1, -0.05) is 6.07 Å². The number of rotatable bonds is 2. The maximum atomic E-state index is 11.6. The number of nitriles is 1. The van der Waals surface area contributed by atoms with E-state index in [1.165, 1.54) is 0 Å². The molecule has 0 radical (unpaired) electrons. The maximum Gasteiger partial charge on any atom is 0.242 e. The van der Waals surface area contributed by atoms with Crippen LogP contribution in [0.25, 0.3) is 10.9 Å². The largest absolute Gasteiger partial charge is 0.357 e. The quantitative estimate of drug-likeness (QED) is 0.850. The Balaban J connectivity index is 2.58. The summed E-state index contributed by atoms with van der Waals surface area (Å²) in [5, 5.41) is 12.5. The molecule has 0 spiro atoms. The minimum absolute atomic E-state index is 0.0511. The van der Waals surface area contributed by atoms with E-state index >= 15 is 0 Å². The van der Waals surface area contributed by atoms with Gasteiger partial charge in [0.25, 0.3) is 0 Å². The van der Waals surface area contributed by atoms with E-state index in [-0.39, 0.29) is 11.9 Å². The molecule has 0 aliphatic carbocycles. The molecule has 1 aromatic heterocycles. The van der Waals surface area contributed by atoms with Gasteiger partial charge in [0.1, 0.15) is 6.04 Å². The second kappa shape index (κ2) is 4.30. The van der Waals surface area contributed by atoms with Crippen LogP contribution in [-0.2, 0) is 4.79 Å². The predicted octanol–water partition coefficient (Wildman–Crippen LogP) is 1.82. The number of fused-ring (bicyclic) bond motifs is 1. The van der Waals surface area contributed by atoms with E-state index < -0.39 is 0 Å². The third-order valence-electron chi connectivity index (χ3n) is 2.93. The molecule has 0 aliphatic heterocycles. The SMILES string of the molecule is CNC(=O)C(C)n1ccc2c(C#N)cccc21. The zero-order chi connectivity index (χ0) is 12.4. The van der Waals surface area contributed by atoms with Gasteiger partial charge in [0.15, 0.2) is 0 Å². The number of hydrogen-bond acceptors (Lipinski definition) is 2. The van der Waals surface area contributed by atoms with Crippen molar-refractivity contribution in [2.24, 2.45) is 0 Å². The van der Waals surface area contributed by atoms with Crippen molar-refractivity contribution < 1.29 is 4.79 Å². The fourth-order valence-corrected chi connectivity index (χ4v) is 1.96. The van der Waals surface area contributed by atoms with Crippen molar-refractivity contribution in [3.8, 4) is 6.07 Å². The van der Waals surface area contributed by atoms with Gasteiger partial charge in [-0.25, -0.2) is 0 Å². The second-order valence-corrected chi connectivity index (χ2v) is 3.86. The van der Waals surface area contributed by atoms with E-state index in [9.17, 15) is 4.79 Å². The normalized spacial score (nSPS) is 12.1. The number of amides is 1. The first kappa shape index (κ1) is 11.2. The summed E-state index contributed by atoms with van der Waals surface area (Å²) in [6, 6.07) is 9.25. The topological polar surface area (TPSA) is 57.8 Å². The Morgan fingerprint density at radius 1 is 1.47 bits per heavy atom. The van der Waals surface area contributed by atoms with Crippen molar-refractivity contribution in [2.75, 3.05) is 7.05 Å². The molecular weight excluding hydrogens is 214 g/mol. The van der Waals surface area contributed by atoms with Crippen LogP contribution >= 0.6 is 0 Å². The molecule has 1 aromatic carbocycles. The van der Waals surface area contributed by atoms with Crippen molar-refractivity contribution in [1.82, 2.24) is 9.88 Å². The van der Waals surface area contributed by atoms with E-state index in [0.29, 0.717) is 5.56 Å². The molecule has 0 saturated heterocycles. The molecule has 4 heteroatoms. The van der Waals surface area contributed by atoms with Crippen LogP contribution in [-0.4, -0.2) is 17.5 Å². The number of nitrogens with one attached hydrogen (secondary N) is 1. The van der Waals surface area contributed by atoms with Gasteiger partial charge in [-0.15, -0.1) is 0 Å². The first-order chi connectivity index (χ1) is 8.19. The van der Waals surface area contributed by atoms with E-state index in [0.717, 1.165) is 10.9 Å².